The largest absolute Gasteiger partial charge is 0.475 e. The number of ether oxygens (including phenoxy) is 1. The van der Waals surface area contributed by atoms with Crippen LogP contribution in [-0.4, -0.2) is 48.5 Å². The van der Waals surface area contributed by atoms with Crippen LogP contribution in [0.5, 0.6) is 11.5 Å². The lowest BCUT2D eigenvalue weighted by Gasteiger charge is -2.23. The first kappa shape index (κ1) is 25.8. The quantitative estimate of drug-likeness (QED) is 0.274. The van der Waals surface area contributed by atoms with Crippen LogP contribution < -0.4 is 14.8 Å². The zero-order chi connectivity index (χ0) is 25.5. The standard InChI is InChI=1S/C25H28BN3O6S/c30-25(28-23(26(31)32)16-19-11-12-19)22(15-18-7-3-1-4-8-18)29-36(33,34)24-14-13-21(17-27-24)35-20-9-5-2-6-10-20/h1-10,13-14,17,19,22-23,29,31-32H,11-12,15-16H2,(H,28,30). The molecule has 0 bridgehead atoms. The molecule has 1 aliphatic carbocycles. The van der Waals surface area contributed by atoms with Gasteiger partial charge in [-0.2, -0.15) is 4.72 Å². The van der Waals surface area contributed by atoms with E-state index in [1.807, 2.05) is 24.3 Å². The van der Waals surface area contributed by atoms with E-state index in [2.05, 4.69) is 15.0 Å². The van der Waals surface area contributed by atoms with Crippen LogP contribution in [0.3, 0.4) is 0 Å². The van der Waals surface area contributed by atoms with Crippen molar-refractivity contribution in [3.8, 4) is 11.5 Å². The summed E-state index contributed by atoms with van der Waals surface area (Å²) in [4.78, 5) is 17.1. The van der Waals surface area contributed by atoms with E-state index < -0.39 is 35.0 Å². The predicted octanol–water partition coefficient (Wildman–Crippen LogP) is 2.06. The summed E-state index contributed by atoms with van der Waals surface area (Å²) in [7, 11) is -5.93. The Hall–Kier alpha value is -3.25. The summed E-state index contributed by atoms with van der Waals surface area (Å²) < 4.78 is 34.3. The monoisotopic (exact) mass is 509 g/mol. The fraction of sp³-hybridized carbons (Fsp3) is 0.280. The number of nitrogens with zero attached hydrogens (tertiary/aromatic N) is 1. The van der Waals surface area contributed by atoms with Crippen LogP contribution in [0.25, 0.3) is 0 Å². The number of carbonyl (C=O) groups excluding carboxylic acids is 1. The molecule has 1 saturated carbocycles. The second kappa shape index (κ2) is 11.7. The number of rotatable bonds is 12. The molecule has 1 aliphatic rings. The van der Waals surface area contributed by atoms with Crippen LogP contribution in [0.2, 0.25) is 0 Å². The van der Waals surface area contributed by atoms with Crippen molar-refractivity contribution in [2.75, 3.05) is 0 Å². The highest BCUT2D eigenvalue weighted by atomic mass is 32.2. The number of pyridine rings is 1. The number of hydrogen-bond donors (Lipinski definition) is 4. The van der Waals surface area contributed by atoms with Crippen LogP contribution in [-0.2, 0) is 21.2 Å². The van der Waals surface area contributed by atoms with Gasteiger partial charge in [-0.1, -0.05) is 61.4 Å². The number of benzene rings is 2. The van der Waals surface area contributed by atoms with Gasteiger partial charge < -0.3 is 20.1 Å². The van der Waals surface area contributed by atoms with E-state index in [1.165, 1.54) is 18.3 Å². The van der Waals surface area contributed by atoms with Crippen LogP contribution >= 0.6 is 0 Å². The Labute approximate surface area is 210 Å². The fourth-order valence-corrected chi connectivity index (χ4v) is 4.87. The summed E-state index contributed by atoms with van der Waals surface area (Å²) in [6.07, 6.45) is 3.71. The van der Waals surface area contributed by atoms with Gasteiger partial charge in [-0.05, 0) is 48.6 Å². The second-order valence-electron chi connectivity index (χ2n) is 8.82. The Balaban J connectivity index is 1.50. The van der Waals surface area contributed by atoms with Gasteiger partial charge in [0.1, 0.15) is 17.5 Å². The maximum absolute atomic E-state index is 13.1. The normalized spacial score (nSPS) is 15.1. The van der Waals surface area contributed by atoms with Crippen LogP contribution in [0.1, 0.15) is 24.8 Å². The van der Waals surface area contributed by atoms with Gasteiger partial charge in [0, 0.05) is 0 Å². The smallest absolute Gasteiger partial charge is 0.456 e. The molecule has 4 rings (SSSR count). The molecular weight excluding hydrogens is 481 g/mol. The van der Waals surface area contributed by atoms with Crippen molar-refractivity contribution < 1.29 is 28.0 Å². The topological polar surface area (TPSA) is 138 Å². The third-order valence-electron chi connectivity index (χ3n) is 5.83. The molecule has 0 spiro atoms. The van der Waals surface area contributed by atoms with E-state index in [4.69, 9.17) is 4.74 Å². The molecule has 2 aromatic carbocycles. The molecular formula is C25H28BN3O6S. The van der Waals surface area contributed by atoms with Crippen molar-refractivity contribution in [2.24, 2.45) is 5.92 Å². The highest BCUT2D eigenvalue weighted by Gasteiger charge is 2.35. The number of nitrogens with one attached hydrogen (secondary N) is 2. The van der Waals surface area contributed by atoms with Crippen molar-refractivity contribution in [3.05, 3.63) is 84.6 Å². The second-order valence-corrected chi connectivity index (χ2v) is 10.5. The van der Waals surface area contributed by atoms with Gasteiger partial charge in [-0.25, -0.2) is 13.4 Å². The fourth-order valence-electron chi connectivity index (χ4n) is 3.75. The molecule has 11 heteroatoms. The van der Waals surface area contributed by atoms with Crippen molar-refractivity contribution in [1.82, 2.24) is 15.0 Å². The molecule has 3 aromatic rings. The molecule has 2 unspecified atom stereocenters. The molecule has 188 valence electrons. The van der Waals surface area contributed by atoms with Gasteiger partial charge in [0.25, 0.3) is 10.0 Å². The molecule has 1 amide bonds. The van der Waals surface area contributed by atoms with E-state index in [9.17, 15) is 23.3 Å². The zero-order valence-corrected chi connectivity index (χ0v) is 20.3. The summed E-state index contributed by atoms with van der Waals surface area (Å²) >= 11 is 0. The number of carbonyl (C=O) groups is 1. The summed E-state index contributed by atoms with van der Waals surface area (Å²) in [5, 5.41) is 21.8. The minimum absolute atomic E-state index is 0.0682. The van der Waals surface area contributed by atoms with Gasteiger partial charge in [0.15, 0.2) is 5.03 Å². The molecule has 0 radical (unpaired) electrons. The van der Waals surface area contributed by atoms with Crippen molar-refractivity contribution in [2.45, 2.75) is 42.7 Å². The molecule has 1 heterocycles. The maximum Gasteiger partial charge on any atom is 0.475 e. The number of sulfonamides is 1. The average Bonchev–Trinajstić information content (AvgIpc) is 3.69. The van der Waals surface area contributed by atoms with Gasteiger partial charge >= 0.3 is 7.12 Å². The van der Waals surface area contributed by atoms with Gasteiger partial charge in [0.05, 0.1) is 12.1 Å². The average molecular weight is 509 g/mol. The van der Waals surface area contributed by atoms with E-state index in [0.717, 1.165) is 18.4 Å². The summed E-state index contributed by atoms with van der Waals surface area (Å²) in [5.74, 6) is -0.272. The van der Waals surface area contributed by atoms with Crippen LogP contribution in [0.4, 0.5) is 0 Å². The Morgan fingerprint density at radius 3 is 2.25 bits per heavy atom. The molecule has 2 atom stereocenters. The Bertz CT molecular complexity index is 1240. The van der Waals surface area contributed by atoms with E-state index in [0.29, 0.717) is 23.8 Å². The highest BCUT2D eigenvalue weighted by Crippen LogP contribution is 2.33. The third kappa shape index (κ3) is 7.38. The molecule has 0 aliphatic heterocycles. The van der Waals surface area contributed by atoms with Crippen molar-refractivity contribution in [3.63, 3.8) is 0 Å². The Morgan fingerprint density at radius 1 is 1.00 bits per heavy atom. The van der Waals surface area contributed by atoms with Gasteiger partial charge in [0.2, 0.25) is 5.91 Å². The summed E-state index contributed by atoms with van der Waals surface area (Å²) in [5.41, 5.74) is 0.739. The van der Waals surface area contributed by atoms with Crippen molar-refractivity contribution >= 4 is 23.0 Å². The molecule has 0 saturated heterocycles. The lowest BCUT2D eigenvalue weighted by atomic mass is 9.76. The van der Waals surface area contributed by atoms with Gasteiger partial charge in [-0.3, -0.25) is 4.79 Å². The maximum atomic E-state index is 13.1. The van der Waals surface area contributed by atoms with E-state index in [1.54, 1.807) is 36.4 Å². The first-order valence-electron chi connectivity index (χ1n) is 11.7. The summed E-state index contributed by atoms with van der Waals surface area (Å²) in [6.45, 7) is 0. The Kier molecular flexibility index (Phi) is 8.37. The van der Waals surface area contributed by atoms with E-state index >= 15 is 0 Å². The molecule has 1 aromatic heterocycles. The Morgan fingerprint density at radius 2 is 1.67 bits per heavy atom. The minimum Gasteiger partial charge on any atom is -0.456 e. The minimum atomic E-state index is -4.18. The van der Waals surface area contributed by atoms with E-state index in [-0.39, 0.29) is 11.4 Å². The van der Waals surface area contributed by atoms with Crippen LogP contribution in [0.15, 0.2) is 84.0 Å². The number of amides is 1. The number of aromatic nitrogens is 1. The molecule has 9 nitrogen and oxygen atoms in total. The summed E-state index contributed by atoms with van der Waals surface area (Å²) in [6, 6.07) is 19.6. The lowest BCUT2D eigenvalue weighted by Crippen LogP contribution is -2.54. The lowest BCUT2D eigenvalue weighted by molar-refractivity contribution is -0.123. The highest BCUT2D eigenvalue weighted by molar-refractivity contribution is 7.89. The number of hydrogen-bond acceptors (Lipinski definition) is 7. The first-order valence-corrected chi connectivity index (χ1v) is 13.2. The first-order chi connectivity index (χ1) is 17.3. The molecule has 4 N–H and O–H groups in total. The predicted molar refractivity (Wildman–Crippen MR) is 134 cm³/mol. The number of para-hydroxylation sites is 1. The van der Waals surface area contributed by atoms with Crippen LogP contribution in [0, 0.1) is 5.92 Å². The SMILES string of the molecule is O=C(NC(CC1CC1)B(O)O)C(Cc1ccccc1)NS(=O)(=O)c1ccc(Oc2ccccc2)cn1. The molecule has 1 fully saturated rings. The van der Waals surface area contributed by atoms with Gasteiger partial charge in [-0.15, -0.1) is 0 Å². The zero-order valence-electron chi connectivity index (χ0n) is 19.5. The molecule has 36 heavy (non-hydrogen) atoms. The third-order valence-corrected chi connectivity index (χ3v) is 7.22. The van der Waals surface area contributed by atoms with Crippen molar-refractivity contribution in [1.29, 1.82) is 0 Å².